The van der Waals surface area contributed by atoms with Gasteiger partial charge in [-0.05, 0) is 30.9 Å². The molecule has 6 heteroatoms. The van der Waals surface area contributed by atoms with Crippen LogP contribution in [0.25, 0.3) is 0 Å². The summed E-state index contributed by atoms with van der Waals surface area (Å²) in [7, 11) is 1.33. The maximum atomic E-state index is 12.4. The molecule has 0 saturated carbocycles. The molecular weight excluding hydrogens is 258 g/mol. The molecule has 6 nitrogen and oxygen atoms in total. The van der Waals surface area contributed by atoms with E-state index in [-0.39, 0.29) is 11.9 Å². The number of methoxy groups -OCH3 is 1. The zero-order valence-corrected chi connectivity index (χ0v) is 11.5. The van der Waals surface area contributed by atoms with Gasteiger partial charge in [0.05, 0.1) is 13.2 Å². The van der Waals surface area contributed by atoms with E-state index >= 15 is 0 Å². The minimum absolute atomic E-state index is 0.207. The smallest absolute Gasteiger partial charge is 0.328 e. The number of aromatic nitrogens is 1. The van der Waals surface area contributed by atoms with Gasteiger partial charge in [-0.2, -0.15) is 0 Å². The molecule has 1 aliphatic rings. The molecule has 1 fully saturated rings. The molecule has 1 saturated heterocycles. The molecule has 0 aromatic carbocycles. The van der Waals surface area contributed by atoms with Gasteiger partial charge in [-0.3, -0.25) is 9.78 Å². The third-order valence-corrected chi connectivity index (χ3v) is 3.50. The van der Waals surface area contributed by atoms with Crippen molar-refractivity contribution < 1.29 is 14.3 Å². The number of ether oxygens (including phenoxy) is 1. The van der Waals surface area contributed by atoms with Crippen molar-refractivity contribution in [2.75, 3.05) is 13.7 Å². The molecule has 2 rings (SSSR count). The van der Waals surface area contributed by atoms with E-state index in [9.17, 15) is 9.59 Å². The predicted molar refractivity (Wildman–Crippen MR) is 72.7 cm³/mol. The monoisotopic (exact) mass is 277 g/mol. The zero-order valence-electron chi connectivity index (χ0n) is 11.5. The number of rotatable bonds is 4. The molecule has 1 aromatic rings. The number of hydrogen-bond acceptors (Lipinski definition) is 5. The summed E-state index contributed by atoms with van der Waals surface area (Å²) < 4.78 is 4.73. The van der Waals surface area contributed by atoms with Gasteiger partial charge in [-0.25, -0.2) is 4.79 Å². The lowest BCUT2D eigenvalue weighted by Gasteiger charge is -2.25. The first-order valence-electron chi connectivity index (χ1n) is 6.66. The van der Waals surface area contributed by atoms with Crippen LogP contribution in [0.15, 0.2) is 24.5 Å². The molecule has 0 spiro atoms. The maximum Gasteiger partial charge on any atom is 0.328 e. The molecule has 20 heavy (non-hydrogen) atoms. The van der Waals surface area contributed by atoms with Gasteiger partial charge in [0.15, 0.2) is 0 Å². The van der Waals surface area contributed by atoms with Crippen molar-refractivity contribution in [3.05, 3.63) is 30.1 Å². The van der Waals surface area contributed by atoms with E-state index in [2.05, 4.69) is 4.98 Å². The van der Waals surface area contributed by atoms with Crippen LogP contribution in [0, 0.1) is 0 Å². The highest BCUT2D eigenvalue weighted by Crippen LogP contribution is 2.19. The normalized spacial score (nSPS) is 19.7. The number of likely N-dealkylation sites (tertiary alicyclic amines) is 1. The van der Waals surface area contributed by atoms with Gasteiger partial charge < -0.3 is 15.4 Å². The largest absolute Gasteiger partial charge is 0.467 e. The Morgan fingerprint density at radius 3 is 3.05 bits per heavy atom. The summed E-state index contributed by atoms with van der Waals surface area (Å²) >= 11 is 0. The zero-order chi connectivity index (χ0) is 14.5. The predicted octanol–water partition coefficient (Wildman–Crippen LogP) is 0.115. The minimum atomic E-state index is -0.663. The van der Waals surface area contributed by atoms with Crippen molar-refractivity contribution in [3.63, 3.8) is 0 Å². The Morgan fingerprint density at radius 2 is 2.40 bits per heavy atom. The van der Waals surface area contributed by atoms with Gasteiger partial charge in [0.1, 0.15) is 6.04 Å². The van der Waals surface area contributed by atoms with Gasteiger partial charge in [0.2, 0.25) is 5.91 Å². The fourth-order valence-corrected chi connectivity index (χ4v) is 2.48. The van der Waals surface area contributed by atoms with Crippen LogP contribution in [-0.2, 0) is 20.7 Å². The third-order valence-electron chi connectivity index (χ3n) is 3.50. The number of pyridine rings is 1. The quantitative estimate of drug-likeness (QED) is 0.790. The van der Waals surface area contributed by atoms with Gasteiger partial charge in [0.25, 0.3) is 0 Å². The first-order chi connectivity index (χ1) is 9.63. The highest BCUT2D eigenvalue weighted by molar-refractivity contribution is 5.88. The minimum Gasteiger partial charge on any atom is -0.467 e. The number of amides is 1. The number of nitrogens with zero attached hydrogens (tertiary/aromatic N) is 2. The highest BCUT2D eigenvalue weighted by atomic mass is 16.5. The highest BCUT2D eigenvalue weighted by Gasteiger charge is 2.36. The number of nitrogens with two attached hydrogens (primary N) is 1. The number of esters is 1. The van der Waals surface area contributed by atoms with Crippen molar-refractivity contribution >= 4 is 11.9 Å². The number of carbonyl (C=O) groups excluding carboxylic acids is 2. The van der Waals surface area contributed by atoms with Crippen LogP contribution < -0.4 is 5.73 Å². The topological polar surface area (TPSA) is 85.5 Å². The lowest BCUT2D eigenvalue weighted by atomic mass is 10.1. The Labute approximate surface area is 117 Å². The molecule has 1 amide bonds. The molecule has 2 heterocycles. The summed E-state index contributed by atoms with van der Waals surface area (Å²) in [4.78, 5) is 29.5. The average Bonchev–Trinajstić information content (AvgIpc) is 2.96. The van der Waals surface area contributed by atoms with Crippen LogP contribution in [0.4, 0.5) is 0 Å². The SMILES string of the molecule is COC(=O)[C@@H]1CCCN1C(=O)[C@@H](N)Cc1cccnc1. The van der Waals surface area contributed by atoms with Gasteiger partial charge >= 0.3 is 5.97 Å². The third kappa shape index (κ3) is 3.14. The van der Waals surface area contributed by atoms with E-state index < -0.39 is 12.1 Å². The summed E-state index contributed by atoms with van der Waals surface area (Å²) in [5.41, 5.74) is 6.87. The first-order valence-corrected chi connectivity index (χ1v) is 6.66. The Balaban J connectivity index is 2.01. The summed E-state index contributed by atoms with van der Waals surface area (Å²) in [5.74, 6) is -0.578. The van der Waals surface area contributed by atoms with Crippen LogP contribution in [0.3, 0.4) is 0 Å². The Bertz CT molecular complexity index is 478. The summed E-state index contributed by atoms with van der Waals surface area (Å²) in [5, 5.41) is 0. The van der Waals surface area contributed by atoms with Crippen molar-refractivity contribution in [2.45, 2.75) is 31.3 Å². The molecule has 2 N–H and O–H groups in total. The Morgan fingerprint density at radius 1 is 1.60 bits per heavy atom. The number of carbonyl (C=O) groups is 2. The fraction of sp³-hybridized carbons (Fsp3) is 0.500. The number of hydrogen-bond donors (Lipinski definition) is 1. The second-order valence-corrected chi connectivity index (χ2v) is 4.88. The van der Waals surface area contributed by atoms with Crippen molar-refractivity contribution in [2.24, 2.45) is 5.73 Å². The van der Waals surface area contributed by atoms with Crippen molar-refractivity contribution in [1.29, 1.82) is 0 Å². The molecule has 2 atom stereocenters. The summed E-state index contributed by atoms with van der Waals surface area (Å²) in [6, 6.07) is 2.53. The molecule has 1 aromatic heterocycles. The lowest BCUT2D eigenvalue weighted by Crippen LogP contribution is -2.49. The molecular formula is C14H19N3O3. The standard InChI is InChI=1S/C14H19N3O3/c1-20-14(19)12-5-3-7-17(12)13(18)11(15)8-10-4-2-6-16-9-10/h2,4,6,9,11-12H,3,5,7-8,15H2,1H3/t11-,12-/m0/s1. The van der Waals surface area contributed by atoms with Crippen LogP contribution in [-0.4, -0.2) is 47.5 Å². The second kappa shape index (κ2) is 6.47. The maximum absolute atomic E-state index is 12.4. The van der Waals surface area contributed by atoms with Crippen LogP contribution in [0.2, 0.25) is 0 Å². The Hall–Kier alpha value is -1.95. The molecule has 108 valence electrons. The molecule has 1 aliphatic heterocycles. The summed E-state index contributed by atoms with van der Waals surface area (Å²) in [6.07, 6.45) is 5.21. The van der Waals surface area contributed by atoms with E-state index in [4.69, 9.17) is 10.5 Å². The molecule has 0 unspecified atom stereocenters. The van der Waals surface area contributed by atoms with E-state index in [1.165, 1.54) is 12.0 Å². The Kier molecular flexibility index (Phi) is 4.68. The van der Waals surface area contributed by atoms with Crippen molar-refractivity contribution in [3.8, 4) is 0 Å². The van der Waals surface area contributed by atoms with Crippen LogP contribution in [0.1, 0.15) is 18.4 Å². The molecule has 0 radical (unpaired) electrons. The second-order valence-electron chi connectivity index (χ2n) is 4.88. The van der Waals surface area contributed by atoms with Crippen LogP contribution >= 0.6 is 0 Å². The van der Waals surface area contributed by atoms with Gasteiger partial charge in [-0.1, -0.05) is 6.07 Å². The van der Waals surface area contributed by atoms with E-state index in [1.807, 2.05) is 6.07 Å². The van der Waals surface area contributed by atoms with E-state index in [0.29, 0.717) is 19.4 Å². The molecule has 0 bridgehead atoms. The lowest BCUT2D eigenvalue weighted by molar-refractivity contribution is -0.151. The van der Waals surface area contributed by atoms with E-state index in [1.54, 1.807) is 18.5 Å². The average molecular weight is 277 g/mol. The van der Waals surface area contributed by atoms with Gasteiger partial charge in [-0.15, -0.1) is 0 Å². The van der Waals surface area contributed by atoms with E-state index in [0.717, 1.165) is 12.0 Å². The van der Waals surface area contributed by atoms with Gasteiger partial charge in [0, 0.05) is 18.9 Å². The molecule has 0 aliphatic carbocycles. The van der Waals surface area contributed by atoms with Crippen LogP contribution in [0.5, 0.6) is 0 Å². The fourth-order valence-electron chi connectivity index (χ4n) is 2.48. The summed E-state index contributed by atoms with van der Waals surface area (Å²) in [6.45, 7) is 0.555. The first kappa shape index (κ1) is 14.5. The van der Waals surface area contributed by atoms with Crippen molar-refractivity contribution in [1.82, 2.24) is 9.88 Å².